The maximum atomic E-state index is 12.7. The van der Waals surface area contributed by atoms with Crippen molar-refractivity contribution in [1.29, 1.82) is 0 Å². The van der Waals surface area contributed by atoms with E-state index in [2.05, 4.69) is 15.3 Å². The van der Waals surface area contributed by atoms with Gasteiger partial charge < -0.3 is 9.80 Å². The Morgan fingerprint density at radius 3 is 2.69 bits per heavy atom. The molecule has 0 N–H and O–H groups in total. The molecule has 2 unspecified atom stereocenters. The van der Waals surface area contributed by atoms with Crippen LogP contribution in [0.3, 0.4) is 0 Å². The molecular formula is C16H17F3N6O. The molecule has 2 aromatic heterocycles. The molecule has 10 heteroatoms. The van der Waals surface area contributed by atoms with Crippen molar-refractivity contribution in [3.63, 3.8) is 0 Å². The van der Waals surface area contributed by atoms with Crippen LogP contribution in [0.25, 0.3) is 0 Å². The quantitative estimate of drug-likeness (QED) is 0.807. The van der Waals surface area contributed by atoms with Gasteiger partial charge in [-0.1, -0.05) is 5.21 Å². The minimum Gasteiger partial charge on any atom is -0.354 e. The predicted octanol–water partition coefficient (Wildman–Crippen LogP) is 1.58. The number of pyridine rings is 1. The molecule has 2 saturated heterocycles. The number of carbonyl (C=O) groups is 1. The van der Waals surface area contributed by atoms with Crippen LogP contribution in [-0.4, -0.2) is 56.5 Å². The summed E-state index contributed by atoms with van der Waals surface area (Å²) >= 11 is 0. The van der Waals surface area contributed by atoms with Crippen LogP contribution in [0.4, 0.5) is 19.0 Å². The molecule has 2 aromatic rings. The normalized spacial score (nSPS) is 22.8. The summed E-state index contributed by atoms with van der Waals surface area (Å²) in [6, 6.07) is 2.44. The summed E-state index contributed by atoms with van der Waals surface area (Å²) in [5, 5.41) is 7.67. The van der Waals surface area contributed by atoms with Gasteiger partial charge in [-0.2, -0.15) is 13.2 Å². The standard InChI is InChI=1S/C16H17F3N6O/c1-23-8-12(21-22-23)15(26)25-5-4-10-7-24(9-13(10)25)14-3-2-11(6-20-14)16(17,18)19/h2-3,6,8,10,13H,4-5,7,9H2,1H3. The number of rotatable bonds is 2. The summed E-state index contributed by atoms with van der Waals surface area (Å²) in [6.45, 7) is 1.88. The van der Waals surface area contributed by atoms with Gasteiger partial charge >= 0.3 is 6.18 Å². The molecule has 0 aromatic carbocycles. The van der Waals surface area contributed by atoms with Gasteiger partial charge in [0, 0.05) is 38.8 Å². The molecule has 0 spiro atoms. The molecule has 4 rings (SSSR count). The van der Waals surface area contributed by atoms with E-state index in [4.69, 9.17) is 0 Å². The molecule has 26 heavy (non-hydrogen) atoms. The molecule has 2 aliphatic heterocycles. The van der Waals surface area contributed by atoms with Gasteiger partial charge in [-0.05, 0) is 18.6 Å². The van der Waals surface area contributed by atoms with E-state index in [0.29, 0.717) is 31.1 Å². The Bertz CT molecular complexity index is 818. The lowest BCUT2D eigenvalue weighted by Crippen LogP contribution is -2.40. The molecule has 4 heterocycles. The minimum atomic E-state index is -4.40. The van der Waals surface area contributed by atoms with E-state index in [1.165, 1.54) is 10.7 Å². The van der Waals surface area contributed by atoms with Crippen molar-refractivity contribution in [3.8, 4) is 0 Å². The molecule has 0 radical (unpaired) electrons. The number of likely N-dealkylation sites (tertiary alicyclic amines) is 1. The van der Waals surface area contributed by atoms with Crippen LogP contribution in [0.15, 0.2) is 24.5 Å². The average Bonchev–Trinajstić information content (AvgIpc) is 3.28. The number of aryl methyl sites for hydroxylation is 1. The Morgan fingerprint density at radius 2 is 2.08 bits per heavy atom. The first-order valence-corrected chi connectivity index (χ1v) is 8.28. The van der Waals surface area contributed by atoms with Crippen molar-refractivity contribution in [2.24, 2.45) is 13.0 Å². The van der Waals surface area contributed by atoms with Gasteiger partial charge in [0.2, 0.25) is 0 Å². The second kappa shape index (κ2) is 5.96. The van der Waals surface area contributed by atoms with E-state index in [1.807, 2.05) is 4.90 Å². The topological polar surface area (TPSA) is 67.2 Å². The van der Waals surface area contributed by atoms with Crippen molar-refractivity contribution in [1.82, 2.24) is 24.9 Å². The van der Waals surface area contributed by atoms with Crippen molar-refractivity contribution >= 4 is 11.7 Å². The third kappa shape index (κ3) is 2.89. The van der Waals surface area contributed by atoms with Crippen molar-refractivity contribution in [2.75, 3.05) is 24.5 Å². The molecular weight excluding hydrogens is 349 g/mol. The highest BCUT2D eigenvalue weighted by Crippen LogP contribution is 2.35. The minimum absolute atomic E-state index is 0.00796. The molecule has 0 saturated carbocycles. The molecule has 0 aliphatic carbocycles. The largest absolute Gasteiger partial charge is 0.417 e. The third-order valence-electron chi connectivity index (χ3n) is 5.03. The maximum Gasteiger partial charge on any atom is 0.417 e. The SMILES string of the molecule is Cn1cc(C(=O)N2CCC3CN(c4ccc(C(F)(F)F)cn4)CC32)nn1. The second-order valence-corrected chi connectivity index (χ2v) is 6.70. The van der Waals surface area contributed by atoms with E-state index in [1.54, 1.807) is 18.1 Å². The zero-order chi connectivity index (χ0) is 18.5. The maximum absolute atomic E-state index is 12.7. The van der Waals surface area contributed by atoms with Crippen LogP contribution in [0, 0.1) is 5.92 Å². The first kappa shape index (κ1) is 16.8. The Kier molecular flexibility index (Phi) is 3.85. The van der Waals surface area contributed by atoms with Crippen molar-refractivity contribution in [2.45, 2.75) is 18.6 Å². The fraction of sp³-hybridized carbons (Fsp3) is 0.500. The summed E-state index contributed by atoms with van der Waals surface area (Å²) in [7, 11) is 1.70. The molecule has 138 valence electrons. The van der Waals surface area contributed by atoms with E-state index >= 15 is 0 Å². The highest BCUT2D eigenvalue weighted by Gasteiger charge is 2.44. The summed E-state index contributed by atoms with van der Waals surface area (Å²) in [4.78, 5) is 20.3. The molecule has 1 amide bonds. The third-order valence-corrected chi connectivity index (χ3v) is 5.03. The van der Waals surface area contributed by atoms with Crippen LogP contribution < -0.4 is 4.90 Å². The van der Waals surface area contributed by atoms with Crippen LogP contribution in [-0.2, 0) is 13.2 Å². The van der Waals surface area contributed by atoms with Gasteiger partial charge in [0.15, 0.2) is 5.69 Å². The van der Waals surface area contributed by atoms with Crippen LogP contribution in [0.1, 0.15) is 22.5 Å². The molecule has 0 bridgehead atoms. The van der Waals surface area contributed by atoms with Gasteiger partial charge in [-0.3, -0.25) is 9.48 Å². The summed E-state index contributed by atoms with van der Waals surface area (Å²) in [6.07, 6.45) is -1.10. The highest BCUT2D eigenvalue weighted by molar-refractivity contribution is 5.92. The number of anilines is 1. The van der Waals surface area contributed by atoms with Gasteiger partial charge in [0.25, 0.3) is 5.91 Å². The monoisotopic (exact) mass is 366 g/mol. The number of alkyl halides is 3. The Hall–Kier alpha value is -2.65. The fourth-order valence-electron chi connectivity index (χ4n) is 3.73. The number of halogens is 3. The first-order valence-electron chi connectivity index (χ1n) is 8.28. The predicted molar refractivity (Wildman–Crippen MR) is 85.4 cm³/mol. The van der Waals surface area contributed by atoms with Crippen LogP contribution in [0.5, 0.6) is 0 Å². The first-order chi connectivity index (χ1) is 12.3. The average molecular weight is 366 g/mol. The second-order valence-electron chi connectivity index (χ2n) is 6.70. The summed E-state index contributed by atoms with van der Waals surface area (Å²) in [5.41, 5.74) is -0.459. The number of fused-ring (bicyclic) bond motifs is 1. The Morgan fingerprint density at radius 1 is 1.27 bits per heavy atom. The number of amides is 1. The molecule has 2 atom stereocenters. The number of nitrogens with zero attached hydrogens (tertiary/aromatic N) is 6. The van der Waals surface area contributed by atoms with Gasteiger partial charge in [-0.25, -0.2) is 4.98 Å². The Balaban J connectivity index is 1.48. The van der Waals surface area contributed by atoms with E-state index in [0.717, 1.165) is 18.7 Å². The Labute approximate surface area is 147 Å². The number of aromatic nitrogens is 4. The van der Waals surface area contributed by atoms with Crippen molar-refractivity contribution < 1.29 is 18.0 Å². The molecule has 7 nitrogen and oxygen atoms in total. The number of carbonyl (C=O) groups excluding carboxylic acids is 1. The zero-order valence-electron chi connectivity index (χ0n) is 14.0. The van der Waals surface area contributed by atoms with Gasteiger partial charge in [-0.15, -0.1) is 5.10 Å². The van der Waals surface area contributed by atoms with Crippen LogP contribution in [0.2, 0.25) is 0 Å². The molecule has 2 aliphatic rings. The van der Waals surface area contributed by atoms with E-state index < -0.39 is 11.7 Å². The fourth-order valence-corrected chi connectivity index (χ4v) is 3.73. The zero-order valence-corrected chi connectivity index (χ0v) is 14.0. The lowest BCUT2D eigenvalue weighted by molar-refractivity contribution is -0.137. The lowest BCUT2D eigenvalue weighted by atomic mass is 10.1. The number of hydrogen-bond donors (Lipinski definition) is 0. The van der Waals surface area contributed by atoms with E-state index in [9.17, 15) is 18.0 Å². The van der Waals surface area contributed by atoms with Gasteiger partial charge in [0.05, 0.1) is 17.8 Å². The lowest BCUT2D eigenvalue weighted by Gasteiger charge is -2.24. The van der Waals surface area contributed by atoms with Crippen molar-refractivity contribution in [3.05, 3.63) is 35.8 Å². The highest BCUT2D eigenvalue weighted by atomic mass is 19.4. The van der Waals surface area contributed by atoms with Gasteiger partial charge in [0.1, 0.15) is 5.82 Å². The molecule has 2 fully saturated rings. The smallest absolute Gasteiger partial charge is 0.354 e. The van der Waals surface area contributed by atoms with Crippen LogP contribution >= 0.6 is 0 Å². The van der Waals surface area contributed by atoms with E-state index in [-0.39, 0.29) is 17.9 Å². The number of hydrogen-bond acceptors (Lipinski definition) is 5. The summed E-state index contributed by atoms with van der Waals surface area (Å²) < 4.78 is 39.5. The summed E-state index contributed by atoms with van der Waals surface area (Å²) in [5.74, 6) is 0.617.